The highest BCUT2D eigenvalue weighted by atomic mass is 32.2. The number of hydrogen-bond acceptors (Lipinski definition) is 3. The highest BCUT2D eigenvalue weighted by Gasteiger charge is 2.23. The van der Waals surface area contributed by atoms with Crippen molar-refractivity contribution in [2.24, 2.45) is 0 Å². The second kappa shape index (κ2) is 7.07. The highest BCUT2D eigenvalue weighted by molar-refractivity contribution is 7.92. The van der Waals surface area contributed by atoms with Gasteiger partial charge in [0.2, 0.25) is 0 Å². The first-order valence-corrected chi connectivity index (χ1v) is 9.42. The van der Waals surface area contributed by atoms with Crippen LogP contribution in [0.15, 0.2) is 47.4 Å². The molecule has 0 atom stereocenters. The lowest BCUT2D eigenvalue weighted by Gasteiger charge is -2.10. The third kappa shape index (κ3) is 3.97. The van der Waals surface area contributed by atoms with Crippen molar-refractivity contribution < 1.29 is 21.6 Å². The Morgan fingerprint density at radius 1 is 1.04 bits per heavy atom. The van der Waals surface area contributed by atoms with Crippen molar-refractivity contribution in [3.8, 4) is 0 Å². The van der Waals surface area contributed by atoms with E-state index in [0.717, 1.165) is 12.1 Å². The Balaban J connectivity index is 1.94. The van der Waals surface area contributed by atoms with Crippen LogP contribution >= 0.6 is 0 Å². The molecule has 1 aromatic heterocycles. The van der Waals surface area contributed by atoms with Crippen LogP contribution in [0, 0.1) is 31.3 Å². The molecule has 1 N–H and O–H groups in total. The van der Waals surface area contributed by atoms with E-state index in [1.54, 1.807) is 26.0 Å². The van der Waals surface area contributed by atoms with Crippen molar-refractivity contribution in [1.29, 1.82) is 0 Å². The summed E-state index contributed by atoms with van der Waals surface area (Å²) in [6.45, 7) is 3.43. The molecule has 0 unspecified atom stereocenters. The molecule has 0 saturated carbocycles. The van der Waals surface area contributed by atoms with E-state index >= 15 is 0 Å². The van der Waals surface area contributed by atoms with E-state index in [4.69, 9.17) is 0 Å². The van der Waals surface area contributed by atoms with Crippen LogP contribution in [0.4, 0.5) is 18.9 Å². The predicted molar refractivity (Wildman–Crippen MR) is 94.4 cm³/mol. The Morgan fingerprint density at radius 2 is 1.74 bits per heavy atom. The maximum absolute atomic E-state index is 13.9. The summed E-state index contributed by atoms with van der Waals surface area (Å²) in [4.78, 5) is -0.792. The zero-order valence-corrected chi connectivity index (χ0v) is 15.3. The van der Waals surface area contributed by atoms with Crippen molar-refractivity contribution in [3.05, 3.63) is 76.9 Å². The fourth-order valence-corrected chi connectivity index (χ4v) is 3.95. The number of anilines is 1. The Labute approximate surface area is 154 Å². The van der Waals surface area contributed by atoms with Gasteiger partial charge in [0.25, 0.3) is 10.0 Å². The van der Waals surface area contributed by atoms with E-state index in [0.29, 0.717) is 23.0 Å². The molecule has 0 spiro atoms. The van der Waals surface area contributed by atoms with Crippen molar-refractivity contribution in [2.75, 3.05) is 4.72 Å². The molecule has 142 valence electrons. The molecule has 9 heteroatoms. The summed E-state index contributed by atoms with van der Waals surface area (Å²) < 4.78 is 69.3. The maximum atomic E-state index is 13.9. The van der Waals surface area contributed by atoms with Gasteiger partial charge < -0.3 is 0 Å². The van der Waals surface area contributed by atoms with Gasteiger partial charge in [0.1, 0.15) is 22.3 Å². The van der Waals surface area contributed by atoms with Crippen LogP contribution < -0.4 is 4.72 Å². The largest absolute Gasteiger partial charge is 0.276 e. The molecule has 0 fully saturated rings. The van der Waals surface area contributed by atoms with Crippen LogP contribution in [-0.2, 0) is 16.6 Å². The number of sulfonamides is 1. The van der Waals surface area contributed by atoms with E-state index in [1.165, 1.54) is 16.8 Å². The van der Waals surface area contributed by atoms with E-state index in [2.05, 4.69) is 9.82 Å². The number of aryl methyl sites for hydroxylation is 1. The minimum atomic E-state index is -4.36. The summed E-state index contributed by atoms with van der Waals surface area (Å²) in [6, 6.07) is 8.14. The van der Waals surface area contributed by atoms with Crippen LogP contribution in [0.2, 0.25) is 0 Å². The van der Waals surface area contributed by atoms with Gasteiger partial charge in [-0.15, -0.1) is 0 Å². The van der Waals surface area contributed by atoms with Crippen LogP contribution in [-0.4, -0.2) is 18.2 Å². The third-order valence-electron chi connectivity index (χ3n) is 4.02. The van der Waals surface area contributed by atoms with Crippen molar-refractivity contribution in [1.82, 2.24) is 9.78 Å². The van der Waals surface area contributed by atoms with Gasteiger partial charge in [0.15, 0.2) is 0 Å². The molecule has 5 nitrogen and oxygen atoms in total. The lowest BCUT2D eigenvalue weighted by atomic mass is 10.2. The minimum Gasteiger partial charge on any atom is -0.276 e. The quantitative estimate of drug-likeness (QED) is 0.715. The Hall–Kier alpha value is -2.81. The van der Waals surface area contributed by atoms with Gasteiger partial charge in [-0.2, -0.15) is 5.10 Å². The topological polar surface area (TPSA) is 64.0 Å². The van der Waals surface area contributed by atoms with Crippen LogP contribution in [0.1, 0.15) is 17.0 Å². The molecule has 0 radical (unpaired) electrons. The first-order chi connectivity index (χ1) is 12.7. The monoisotopic (exact) mass is 395 g/mol. The molecule has 0 aliphatic rings. The number of rotatable bonds is 5. The lowest BCUT2D eigenvalue weighted by molar-refractivity contribution is 0.555. The SMILES string of the molecule is Cc1nn(Cc2cccc(F)c2)c(C)c1NS(=O)(=O)c1cc(F)ccc1F. The van der Waals surface area contributed by atoms with E-state index in [9.17, 15) is 21.6 Å². The summed E-state index contributed by atoms with van der Waals surface area (Å²) in [5.74, 6) is -2.32. The Bertz CT molecular complexity index is 1110. The van der Waals surface area contributed by atoms with Gasteiger partial charge in [-0.1, -0.05) is 12.1 Å². The summed E-state index contributed by atoms with van der Waals surface area (Å²) in [6.07, 6.45) is 0. The highest BCUT2D eigenvalue weighted by Crippen LogP contribution is 2.25. The third-order valence-corrected chi connectivity index (χ3v) is 5.39. The summed E-state index contributed by atoms with van der Waals surface area (Å²) in [7, 11) is -4.36. The zero-order valence-electron chi connectivity index (χ0n) is 14.5. The normalized spacial score (nSPS) is 11.6. The molecule has 0 saturated heterocycles. The standard InChI is InChI=1S/C18H16F3N3O2S/c1-11-18(23-27(25,26)17-9-15(20)6-7-16(17)21)12(2)24(22-11)10-13-4-3-5-14(19)8-13/h3-9,23H,10H2,1-2H3. The molecule has 0 amide bonds. The van der Waals surface area contributed by atoms with Gasteiger partial charge in [0.05, 0.1) is 23.6 Å². The van der Waals surface area contributed by atoms with Crippen molar-refractivity contribution in [2.45, 2.75) is 25.3 Å². The molecule has 0 aliphatic carbocycles. The number of nitrogens with one attached hydrogen (secondary N) is 1. The Morgan fingerprint density at radius 3 is 2.44 bits per heavy atom. The predicted octanol–water partition coefficient (Wildman–Crippen LogP) is 3.77. The summed E-state index contributed by atoms with van der Waals surface area (Å²) >= 11 is 0. The van der Waals surface area contributed by atoms with Crippen molar-refractivity contribution in [3.63, 3.8) is 0 Å². The molecule has 1 heterocycles. The molecule has 3 aromatic rings. The van der Waals surface area contributed by atoms with Gasteiger partial charge in [-0.3, -0.25) is 9.40 Å². The molecular weight excluding hydrogens is 379 g/mol. The summed E-state index contributed by atoms with van der Waals surface area (Å²) in [5.41, 5.74) is 1.61. The number of nitrogens with zero attached hydrogens (tertiary/aromatic N) is 2. The molecule has 0 aliphatic heterocycles. The first kappa shape index (κ1) is 19.0. The molecule has 2 aromatic carbocycles. The molecule has 0 bridgehead atoms. The van der Waals surface area contributed by atoms with E-state index in [-0.39, 0.29) is 12.2 Å². The second-order valence-corrected chi connectivity index (χ2v) is 7.66. The first-order valence-electron chi connectivity index (χ1n) is 7.93. The second-order valence-electron chi connectivity index (χ2n) is 6.01. The Kier molecular flexibility index (Phi) is 4.97. The summed E-state index contributed by atoms with van der Waals surface area (Å²) in [5, 5.41) is 4.25. The van der Waals surface area contributed by atoms with Crippen LogP contribution in [0.25, 0.3) is 0 Å². The minimum absolute atomic E-state index is 0.162. The van der Waals surface area contributed by atoms with Crippen LogP contribution in [0.3, 0.4) is 0 Å². The number of hydrogen-bond donors (Lipinski definition) is 1. The number of halogens is 3. The number of benzene rings is 2. The average molecular weight is 395 g/mol. The van der Waals surface area contributed by atoms with Gasteiger partial charge >= 0.3 is 0 Å². The van der Waals surface area contributed by atoms with Gasteiger partial charge in [-0.25, -0.2) is 21.6 Å². The van der Waals surface area contributed by atoms with Gasteiger partial charge in [-0.05, 0) is 49.7 Å². The van der Waals surface area contributed by atoms with E-state index < -0.39 is 32.4 Å². The number of aromatic nitrogens is 2. The molecular formula is C18H16F3N3O2S. The van der Waals surface area contributed by atoms with Gasteiger partial charge in [0, 0.05) is 0 Å². The average Bonchev–Trinajstić information content (AvgIpc) is 2.84. The lowest BCUT2D eigenvalue weighted by Crippen LogP contribution is -2.16. The molecule has 3 rings (SSSR count). The van der Waals surface area contributed by atoms with E-state index in [1.807, 2.05) is 0 Å². The smallest absolute Gasteiger partial charge is 0.265 e. The van der Waals surface area contributed by atoms with Crippen molar-refractivity contribution >= 4 is 15.7 Å². The maximum Gasteiger partial charge on any atom is 0.265 e. The van der Waals surface area contributed by atoms with Crippen LogP contribution in [0.5, 0.6) is 0 Å². The fourth-order valence-electron chi connectivity index (χ4n) is 2.68. The zero-order chi connectivity index (χ0) is 19.8. The molecule has 27 heavy (non-hydrogen) atoms. The fraction of sp³-hybridized carbons (Fsp3) is 0.167.